The molecule has 8 heteroatoms. The summed E-state index contributed by atoms with van der Waals surface area (Å²) in [6.07, 6.45) is 3.19. The van der Waals surface area contributed by atoms with Crippen LogP contribution < -0.4 is 5.32 Å². The van der Waals surface area contributed by atoms with Crippen LogP contribution in [0.1, 0.15) is 28.3 Å². The van der Waals surface area contributed by atoms with E-state index in [2.05, 4.69) is 15.4 Å². The number of amides is 1. The lowest BCUT2D eigenvalue weighted by molar-refractivity contribution is -0.121. The van der Waals surface area contributed by atoms with Gasteiger partial charge >= 0.3 is 5.97 Å². The first kappa shape index (κ1) is 13.8. The van der Waals surface area contributed by atoms with Crippen LogP contribution in [-0.4, -0.2) is 31.7 Å². The first-order valence-corrected chi connectivity index (χ1v) is 5.98. The van der Waals surface area contributed by atoms with E-state index in [1.807, 2.05) is 0 Å². The fourth-order valence-corrected chi connectivity index (χ4v) is 1.68. The average Bonchev–Trinajstić information content (AvgIpc) is 3.03. The van der Waals surface area contributed by atoms with Crippen molar-refractivity contribution < 1.29 is 19.1 Å². The topological polar surface area (TPSA) is 110 Å². The molecule has 0 bridgehead atoms. The monoisotopic (exact) mass is 278 g/mol. The summed E-state index contributed by atoms with van der Waals surface area (Å²) in [5, 5.41) is 15.4. The molecule has 0 saturated carbocycles. The van der Waals surface area contributed by atoms with Crippen molar-refractivity contribution in [3.8, 4) is 0 Å². The Balaban J connectivity index is 1.81. The lowest BCUT2D eigenvalue weighted by Crippen LogP contribution is -2.23. The molecule has 0 aliphatic carbocycles. The Kier molecular flexibility index (Phi) is 4.14. The van der Waals surface area contributed by atoms with E-state index in [1.165, 1.54) is 18.7 Å². The van der Waals surface area contributed by atoms with Crippen LogP contribution in [0.5, 0.6) is 0 Å². The van der Waals surface area contributed by atoms with Crippen LogP contribution in [0.15, 0.2) is 23.1 Å². The Morgan fingerprint density at radius 3 is 2.90 bits per heavy atom. The number of hydrogen-bond donors (Lipinski definition) is 2. The Morgan fingerprint density at radius 1 is 1.50 bits per heavy atom. The molecule has 0 saturated heterocycles. The highest BCUT2D eigenvalue weighted by molar-refractivity contribution is 5.88. The smallest absolute Gasteiger partial charge is 0.339 e. The number of hydrogen-bond acceptors (Lipinski definition) is 5. The number of aromatic carboxylic acids is 1. The van der Waals surface area contributed by atoms with Crippen LogP contribution in [0.4, 0.5) is 0 Å². The first-order valence-electron chi connectivity index (χ1n) is 5.98. The van der Waals surface area contributed by atoms with Gasteiger partial charge in [-0.2, -0.15) is 5.10 Å². The molecule has 0 spiro atoms. The van der Waals surface area contributed by atoms with Gasteiger partial charge in [0.25, 0.3) is 0 Å². The van der Waals surface area contributed by atoms with Gasteiger partial charge in [-0.15, -0.1) is 0 Å². The van der Waals surface area contributed by atoms with Crippen LogP contribution in [-0.2, 0) is 17.9 Å². The van der Waals surface area contributed by atoms with Crippen molar-refractivity contribution in [2.75, 3.05) is 0 Å². The minimum Gasteiger partial charge on any atom is -0.478 e. The second-order valence-corrected chi connectivity index (χ2v) is 4.17. The predicted octanol–water partition coefficient (Wildman–Crippen LogP) is 0.584. The third-order valence-electron chi connectivity index (χ3n) is 2.69. The number of rotatable bonds is 6. The second kappa shape index (κ2) is 6.00. The molecular formula is C12H14N4O4. The van der Waals surface area contributed by atoms with Crippen molar-refractivity contribution in [2.45, 2.75) is 26.4 Å². The van der Waals surface area contributed by atoms with Gasteiger partial charge in [0.15, 0.2) is 0 Å². The summed E-state index contributed by atoms with van der Waals surface area (Å²) in [4.78, 5) is 26.2. The number of carbonyl (C=O) groups excluding carboxylic acids is 1. The fraction of sp³-hybridized carbons (Fsp3) is 0.333. The lowest BCUT2D eigenvalue weighted by Gasteiger charge is -2.03. The number of carbonyl (C=O) groups is 2. The molecule has 2 N–H and O–H groups in total. The van der Waals surface area contributed by atoms with E-state index >= 15 is 0 Å². The molecule has 0 aliphatic heterocycles. The maximum Gasteiger partial charge on any atom is 0.339 e. The fourth-order valence-electron chi connectivity index (χ4n) is 1.68. The number of aromatic nitrogens is 3. The van der Waals surface area contributed by atoms with Gasteiger partial charge in [0.1, 0.15) is 29.7 Å². The maximum absolute atomic E-state index is 11.6. The molecule has 0 atom stereocenters. The zero-order valence-electron chi connectivity index (χ0n) is 10.9. The van der Waals surface area contributed by atoms with Crippen LogP contribution in [0.2, 0.25) is 0 Å². The van der Waals surface area contributed by atoms with Gasteiger partial charge in [0, 0.05) is 6.42 Å². The standard InChI is InChI=1S/C12H14N4O4/c1-8-10(12(18)19)4-9(20-8)5-14-11(17)2-3-16-7-13-6-15-16/h4,6-7H,2-3,5H2,1H3,(H,14,17)(H,18,19). The minimum atomic E-state index is -1.05. The summed E-state index contributed by atoms with van der Waals surface area (Å²) in [7, 11) is 0. The Morgan fingerprint density at radius 2 is 2.30 bits per heavy atom. The molecule has 8 nitrogen and oxygen atoms in total. The summed E-state index contributed by atoms with van der Waals surface area (Å²) >= 11 is 0. The van der Waals surface area contributed by atoms with Crippen LogP contribution >= 0.6 is 0 Å². The van der Waals surface area contributed by atoms with Crippen LogP contribution in [0, 0.1) is 6.92 Å². The van der Waals surface area contributed by atoms with Gasteiger partial charge in [-0.05, 0) is 13.0 Å². The van der Waals surface area contributed by atoms with Crippen LogP contribution in [0.3, 0.4) is 0 Å². The third-order valence-corrected chi connectivity index (χ3v) is 2.69. The SMILES string of the molecule is Cc1oc(CNC(=O)CCn2cncn2)cc1C(=O)O. The highest BCUT2D eigenvalue weighted by Gasteiger charge is 2.14. The quantitative estimate of drug-likeness (QED) is 0.799. The highest BCUT2D eigenvalue weighted by Crippen LogP contribution is 2.14. The van der Waals surface area contributed by atoms with Gasteiger partial charge in [0.05, 0.1) is 13.1 Å². The second-order valence-electron chi connectivity index (χ2n) is 4.17. The van der Waals surface area contributed by atoms with Gasteiger partial charge in [-0.1, -0.05) is 0 Å². The molecule has 0 radical (unpaired) electrons. The Hall–Kier alpha value is -2.64. The molecule has 0 unspecified atom stereocenters. The molecular weight excluding hydrogens is 264 g/mol. The highest BCUT2D eigenvalue weighted by atomic mass is 16.4. The van der Waals surface area contributed by atoms with Gasteiger partial charge in [0.2, 0.25) is 5.91 Å². The predicted molar refractivity (Wildman–Crippen MR) is 66.9 cm³/mol. The molecule has 2 heterocycles. The number of carboxylic acids is 1. The van der Waals surface area contributed by atoms with Crippen molar-refractivity contribution in [1.82, 2.24) is 20.1 Å². The van der Waals surface area contributed by atoms with E-state index in [1.54, 1.807) is 11.6 Å². The Bertz CT molecular complexity index is 603. The van der Waals surface area contributed by atoms with Crippen molar-refractivity contribution in [3.05, 3.63) is 35.8 Å². The van der Waals surface area contributed by atoms with E-state index in [0.29, 0.717) is 18.1 Å². The first-order chi connectivity index (χ1) is 9.56. The zero-order valence-corrected chi connectivity index (χ0v) is 10.9. The molecule has 1 amide bonds. The molecule has 20 heavy (non-hydrogen) atoms. The summed E-state index contributed by atoms with van der Waals surface area (Å²) in [6.45, 7) is 2.16. The van der Waals surface area contributed by atoms with Gasteiger partial charge in [-0.3, -0.25) is 9.48 Å². The van der Waals surface area contributed by atoms with Crippen molar-refractivity contribution >= 4 is 11.9 Å². The minimum absolute atomic E-state index is 0.108. The summed E-state index contributed by atoms with van der Waals surface area (Å²) < 4.78 is 6.81. The third kappa shape index (κ3) is 3.44. The summed E-state index contributed by atoms with van der Waals surface area (Å²) in [6, 6.07) is 1.41. The van der Waals surface area contributed by atoms with Crippen molar-refractivity contribution in [2.24, 2.45) is 0 Å². The summed E-state index contributed by atoms with van der Waals surface area (Å²) in [5.74, 6) is -0.486. The molecule has 2 rings (SSSR count). The van der Waals surface area contributed by atoms with Gasteiger partial charge in [-0.25, -0.2) is 9.78 Å². The maximum atomic E-state index is 11.6. The number of furan rings is 1. The van der Waals surface area contributed by atoms with E-state index < -0.39 is 5.97 Å². The molecule has 2 aromatic rings. The molecule has 0 aliphatic rings. The largest absolute Gasteiger partial charge is 0.478 e. The molecule has 0 fully saturated rings. The van der Waals surface area contributed by atoms with Crippen molar-refractivity contribution in [1.29, 1.82) is 0 Å². The van der Waals surface area contributed by atoms with E-state index in [-0.39, 0.29) is 24.4 Å². The zero-order chi connectivity index (χ0) is 14.5. The van der Waals surface area contributed by atoms with E-state index in [4.69, 9.17) is 9.52 Å². The summed E-state index contributed by atoms with van der Waals surface area (Å²) in [5.41, 5.74) is 0.108. The van der Waals surface area contributed by atoms with E-state index in [0.717, 1.165) is 0 Å². The number of nitrogens with zero attached hydrogens (tertiary/aromatic N) is 3. The van der Waals surface area contributed by atoms with Crippen LogP contribution in [0.25, 0.3) is 0 Å². The lowest BCUT2D eigenvalue weighted by atomic mass is 10.2. The Labute approximate surface area is 114 Å². The normalized spacial score (nSPS) is 10.4. The van der Waals surface area contributed by atoms with Gasteiger partial charge < -0.3 is 14.8 Å². The van der Waals surface area contributed by atoms with Crippen molar-refractivity contribution in [3.63, 3.8) is 0 Å². The number of carboxylic acid groups (broad SMARTS) is 1. The van der Waals surface area contributed by atoms with E-state index in [9.17, 15) is 9.59 Å². The number of aryl methyl sites for hydroxylation is 2. The molecule has 0 aromatic carbocycles. The average molecular weight is 278 g/mol. The number of nitrogens with one attached hydrogen (secondary N) is 1. The molecule has 106 valence electrons. The molecule has 2 aromatic heterocycles.